The topological polar surface area (TPSA) is 25.8 Å². The van der Waals surface area contributed by atoms with Crippen molar-refractivity contribution < 1.29 is 10.1 Å². The summed E-state index contributed by atoms with van der Waals surface area (Å²) < 4.78 is 5.61. The van der Waals surface area contributed by atoms with Crippen molar-refractivity contribution in [1.82, 2.24) is 0 Å². The second-order valence-corrected chi connectivity index (χ2v) is 4.50. The van der Waals surface area contributed by atoms with E-state index < -0.39 is 0 Å². The van der Waals surface area contributed by atoms with Gasteiger partial charge in [0.05, 0.1) is 6.04 Å². The van der Waals surface area contributed by atoms with Crippen LogP contribution >= 0.6 is 0 Å². The maximum Gasteiger partial charge on any atom is 0.106 e. The average molecular weight is 184 g/mol. The second-order valence-electron chi connectivity index (χ2n) is 4.50. The molecule has 0 amide bonds. The van der Waals surface area contributed by atoms with Gasteiger partial charge in [-0.2, -0.15) is 0 Å². The van der Waals surface area contributed by atoms with Crippen LogP contribution in [0.25, 0.3) is 0 Å². The van der Waals surface area contributed by atoms with Crippen molar-refractivity contribution in [3.05, 3.63) is 0 Å². The minimum atomic E-state index is 0.571. The Bertz CT molecular complexity index is 137. The second kappa shape index (κ2) is 4.97. The molecule has 1 heterocycles. The Hall–Kier alpha value is -0.0800. The van der Waals surface area contributed by atoms with Crippen LogP contribution in [0.3, 0.4) is 0 Å². The molecule has 2 heteroatoms. The average Bonchev–Trinajstić information content (AvgIpc) is 2.69. The van der Waals surface area contributed by atoms with Crippen LogP contribution < -0.4 is 5.32 Å². The Morgan fingerprint density at radius 2 is 1.85 bits per heavy atom. The van der Waals surface area contributed by atoms with Crippen molar-refractivity contribution in [1.29, 1.82) is 0 Å². The Labute approximate surface area is 81.0 Å². The van der Waals surface area contributed by atoms with E-state index in [-0.39, 0.29) is 0 Å². The molecule has 0 aromatic heterocycles. The molecule has 0 bridgehead atoms. The van der Waals surface area contributed by atoms with E-state index >= 15 is 0 Å². The molecule has 2 N–H and O–H groups in total. The minimum Gasteiger partial charge on any atom is -0.372 e. The fourth-order valence-corrected chi connectivity index (χ4v) is 2.54. The molecule has 0 radical (unpaired) electrons. The van der Waals surface area contributed by atoms with Gasteiger partial charge < -0.3 is 10.1 Å². The van der Waals surface area contributed by atoms with E-state index in [4.69, 9.17) is 4.74 Å². The number of rotatable bonds is 3. The minimum absolute atomic E-state index is 0.571. The summed E-state index contributed by atoms with van der Waals surface area (Å²) >= 11 is 0. The zero-order chi connectivity index (χ0) is 8.93. The van der Waals surface area contributed by atoms with Gasteiger partial charge in [0.2, 0.25) is 0 Å². The monoisotopic (exact) mass is 184 g/mol. The molecule has 2 rings (SSSR count). The summed E-state index contributed by atoms with van der Waals surface area (Å²) in [6.07, 6.45) is 10.4. The van der Waals surface area contributed by atoms with Crippen LogP contribution in [0.4, 0.5) is 0 Å². The van der Waals surface area contributed by atoms with Gasteiger partial charge in [-0.05, 0) is 38.5 Å². The predicted molar refractivity (Wildman–Crippen MR) is 52.6 cm³/mol. The zero-order valence-electron chi connectivity index (χ0n) is 8.50. The standard InChI is InChI=1S/C11H21NO/c1-2-5-10(6-3-1)12-9-11-7-4-8-13-11/h10-12H,1-9H2/p+1/t11-/m0/s1. The van der Waals surface area contributed by atoms with E-state index in [1.807, 2.05) is 0 Å². The summed E-state index contributed by atoms with van der Waals surface area (Å²) in [6, 6.07) is 0.915. The van der Waals surface area contributed by atoms with Gasteiger partial charge in [-0.1, -0.05) is 6.42 Å². The first-order valence-electron chi connectivity index (χ1n) is 5.90. The lowest BCUT2D eigenvalue weighted by atomic mass is 9.95. The number of quaternary nitrogens is 1. The molecule has 1 saturated carbocycles. The Balaban J connectivity index is 1.60. The lowest BCUT2D eigenvalue weighted by Gasteiger charge is -2.21. The number of hydrogen-bond donors (Lipinski definition) is 1. The molecule has 1 atom stereocenters. The van der Waals surface area contributed by atoms with Crippen LogP contribution in [0.15, 0.2) is 0 Å². The molecule has 0 spiro atoms. The van der Waals surface area contributed by atoms with Crippen molar-refractivity contribution in [2.24, 2.45) is 0 Å². The maximum absolute atomic E-state index is 5.61. The highest BCUT2D eigenvalue weighted by Crippen LogP contribution is 2.15. The Morgan fingerprint density at radius 1 is 1.00 bits per heavy atom. The van der Waals surface area contributed by atoms with E-state index in [0.29, 0.717) is 6.10 Å². The molecule has 2 aliphatic rings. The fourth-order valence-electron chi connectivity index (χ4n) is 2.54. The van der Waals surface area contributed by atoms with E-state index in [1.165, 1.54) is 51.5 Å². The third kappa shape index (κ3) is 2.96. The molecule has 2 nitrogen and oxygen atoms in total. The number of hydrogen-bond acceptors (Lipinski definition) is 1. The van der Waals surface area contributed by atoms with Crippen LogP contribution in [0.1, 0.15) is 44.9 Å². The highest BCUT2D eigenvalue weighted by molar-refractivity contribution is 4.65. The molecule has 2 fully saturated rings. The number of nitrogens with two attached hydrogens (primary N) is 1. The summed E-state index contributed by atoms with van der Waals surface area (Å²) in [6.45, 7) is 2.22. The molecule has 0 aromatic rings. The Morgan fingerprint density at radius 3 is 2.54 bits per heavy atom. The van der Waals surface area contributed by atoms with Crippen LogP contribution in [0.5, 0.6) is 0 Å². The van der Waals surface area contributed by atoms with Gasteiger partial charge in [0, 0.05) is 6.61 Å². The lowest BCUT2D eigenvalue weighted by Crippen LogP contribution is -2.91. The van der Waals surface area contributed by atoms with Crippen LogP contribution in [0.2, 0.25) is 0 Å². The van der Waals surface area contributed by atoms with Gasteiger partial charge in [0.1, 0.15) is 12.6 Å². The first-order valence-corrected chi connectivity index (χ1v) is 5.90. The molecular formula is C11H22NO+. The summed E-state index contributed by atoms with van der Waals surface area (Å²) in [7, 11) is 0. The first kappa shape index (κ1) is 9.47. The van der Waals surface area contributed by atoms with Crippen molar-refractivity contribution >= 4 is 0 Å². The molecule has 13 heavy (non-hydrogen) atoms. The largest absolute Gasteiger partial charge is 0.372 e. The molecule has 1 aliphatic carbocycles. The zero-order valence-corrected chi connectivity index (χ0v) is 8.50. The van der Waals surface area contributed by atoms with E-state index in [0.717, 1.165) is 12.6 Å². The quantitative estimate of drug-likeness (QED) is 0.697. The SMILES string of the molecule is C1CCC([NH2+]C[C@@H]2CCCO2)CC1. The summed E-state index contributed by atoms with van der Waals surface area (Å²) in [5.41, 5.74) is 0. The summed E-state index contributed by atoms with van der Waals surface area (Å²) in [4.78, 5) is 0. The predicted octanol–water partition coefficient (Wildman–Crippen LogP) is 1.06. The summed E-state index contributed by atoms with van der Waals surface area (Å²) in [5, 5.41) is 2.54. The molecule has 1 saturated heterocycles. The van der Waals surface area contributed by atoms with Gasteiger partial charge in [-0.15, -0.1) is 0 Å². The number of ether oxygens (including phenoxy) is 1. The summed E-state index contributed by atoms with van der Waals surface area (Å²) in [5.74, 6) is 0. The van der Waals surface area contributed by atoms with Crippen molar-refractivity contribution in [2.45, 2.75) is 57.1 Å². The van der Waals surface area contributed by atoms with Gasteiger partial charge in [0.25, 0.3) is 0 Å². The van der Waals surface area contributed by atoms with Gasteiger partial charge >= 0.3 is 0 Å². The highest BCUT2D eigenvalue weighted by atomic mass is 16.5. The molecule has 0 unspecified atom stereocenters. The lowest BCUT2D eigenvalue weighted by molar-refractivity contribution is -0.696. The first-order chi connectivity index (χ1) is 6.45. The van der Waals surface area contributed by atoms with Gasteiger partial charge in [-0.3, -0.25) is 0 Å². The smallest absolute Gasteiger partial charge is 0.106 e. The molecule has 76 valence electrons. The van der Waals surface area contributed by atoms with Crippen molar-refractivity contribution in [3.63, 3.8) is 0 Å². The highest BCUT2D eigenvalue weighted by Gasteiger charge is 2.21. The van der Waals surface area contributed by atoms with Gasteiger partial charge in [-0.25, -0.2) is 0 Å². The van der Waals surface area contributed by atoms with E-state index in [2.05, 4.69) is 5.32 Å². The molecular weight excluding hydrogens is 162 g/mol. The molecule has 0 aromatic carbocycles. The van der Waals surface area contributed by atoms with E-state index in [1.54, 1.807) is 0 Å². The van der Waals surface area contributed by atoms with Crippen molar-refractivity contribution in [2.75, 3.05) is 13.2 Å². The third-order valence-electron chi connectivity index (χ3n) is 3.41. The van der Waals surface area contributed by atoms with Crippen LogP contribution in [-0.2, 0) is 4.74 Å². The third-order valence-corrected chi connectivity index (χ3v) is 3.41. The Kier molecular flexibility index (Phi) is 3.62. The fraction of sp³-hybridized carbons (Fsp3) is 1.00. The molecule has 1 aliphatic heterocycles. The maximum atomic E-state index is 5.61. The van der Waals surface area contributed by atoms with Crippen LogP contribution in [0, 0.1) is 0 Å². The van der Waals surface area contributed by atoms with E-state index in [9.17, 15) is 0 Å². The van der Waals surface area contributed by atoms with Crippen molar-refractivity contribution in [3.8, 4) is 0 Å². The van der Waals surface area contributed by atoms with Crippen LogP contribution in [-0.4, -0.2) is 25.3 Å². The van der Waals surface area contributed by atoms with Gasteiger partial charge in [0.15, 0.2) is 0 Å². The normalized spacial score (nSPS) is 30.9.